The van der Waals surface area contributed by atoms with E-state index in [1.54, 1.807) is 4.90 Å². The van der Waals surface area contributed by atoms with Gasteiger partial charge in [0.1, 0.15) is 0 Å². The number of hydrogen-bond donors (Lipinski definition) is 1. The summed E-state index contributed by atoms with van der Waals surface area (Å²) >= 11 is 6.61. The number of nitrogens with zero attached hydrogens (tertiary/aromatic N) is 1. The average molecular weight is 390 g/mol. The van der Waals surface area contributed by atoms with E-state index < -0.39 is 11.4 Å². The fourth-order valence-electron chi connectivity index (χ4n) is 4.27. The molecule has 0 bridgehead atoms. The van der Waals surface area contributed by atoms with Gasteiger partial charge in [-0.05, 0) is 47.4 Å². The summed E-state index contributed by atoms with van der Waals surface area (Å²) in [4.78, 5) is 25.2. The van der Waals surface area contributed by atoms with Crippen molar-refractivity contribution in [3.63, 3.8) is 0 Å². The number of carbonyl (C=O) groups is 2. The van der Waals surface area contributed by atoms with Gasteiger partial charge in [-0.15, -0.1) is 0 Å². The Bertz CT molecular complexity index is 782. The highest BCUT2D eigenvalue weighted by molar-refractivity contribution is 6.31. The summed E-state index contributed by atoms with van der Waals surface area (Å²) in [7, 11) is 0. The van der Waals surface area contributed by atoms with Crippen LogP contribution in [0.1, 0.15) is 69.9 Å². The lowest BCUT2D eigenvalue weighted by Gasteiger charge is -2.41. The molecule has 0 saturated heterocycles. The minimum Gasteiger partial charge on any atom is -0.481 e. The Labute approximate surface area is 166 Å². The SMILES string of the molecule is CC(C)C1=CN(CCC(=O)O)C(=O)C[C@@]1(C)c1ccc(C2CCC2)c(Cl)c1. The van der Waals surface area contributed by atoms with E-state index in [2.05, 4.69) is 32.9 Å². The molecule has 0 radical (unpaired) electrons. The van der Waals surface area contributed by atoms with Crippen LogP contribution < -0.4 is 0 Å². The Balaban J connectivity index is 1.94. The van der Waals surface area contributed by atoms with Crippen molar-refractivity contribution in [3.05, 3.63) is 46.1 Å². The molecule has 2 aliphatic rings. The summed E-state index contributed by atoms with van der Waals surface area (Å²) in [5.41, 5.74) is 2.99. The van der Waals surface area contributed by atoms with Gasteiger partial charge in [-0.3, -0.25) is 9.59 Å². The fraction of sp³-hybridized carbons (Fsp3) is 0.545. The molecule has 5 heteroatoms. The minimum absolute atomic E-state index is 0.0395. The van der Waals surface area contributed by atoms with Gasteiger partial charge in [-0.25, -0.2) is 0 Å². The van der Waals surface area contributed by atoms with Crippen molar-refractivity contribution in [2.24, 2.45) is 5.92 Å². The predicted octanol–water partition coefficient (Wildman–Crippen LogP) is 5.11. The molecule has 1 atom stereocenters. The summed E-state index contributed by atoms with van der Waals surface area (Å²) in [6, 6.07) is 6.29. The first-order chi connectivity index (χ1) is 12.7. The van der Waals surface area contributed by atoms with Crippen LogP contribution in [0.25, 0.3) is 0 Å². The van der Waals surface area contributed by atoms with Crippen LogP contribution in [0.2, 0.25) is 5.02 Å². The molecule has 1 heterocycles. The van der Waals surface area contributed by atoms with Gasteiger partial charge in [-0.2, -0.15) is 0 Å². The summed E-state index contributed by atoms with van der Waals surface area (Å²) in [6.45, 7) is 6.53. The molecule has 4 nitrogen and oxygen atoms in total. The van der Waals surface area contributed by atoms with E-state index in [9.17, 15) is 9.59 Å². The van der Waals surface area contributed by atoms with Crippen molar-refractivity contribution < 1.29 is 14.7 Å². The van der Waals surface area contributed by atoms with Crippen molar-refractivity contribution >= 4 is 23.5 Å². The van der Waals surface area contributed by atoms with Crippen molar-refractivity contribution in [2.45, 2.75) is 64.2 Å². The lowest BCUT2D eigenvalue weighted by atomic mass is 9.67. The second kappa shape index (κ2) is 7.67. The molecule has 1 aromatic carbocycles. The smallest absolute Gasteiger partial charge is 0.305 e. The molecule has 0 spiro atoms. The highest BCUT2D eigenvalue weighted by Crippen LogP contribution is 2.45. The number of allylic oxidation sites excluding steroid dienone is 1. The van der Waals surface area contributed by atoms with Crippen LogP contribution in [0.3, 0.4) is 0 Å². The number of hydrogen-bond acceptors (Lipinski definition) is 2. The van der Waals surface area contributed by atoms with E-state index in [0.717, 1.165) is 16.2 Å². The van der Waals surface area contributed by atoms with Gasteiger partial charge in [0.15, 0.2) is 0 Å². The third-order valence-electron chi connectivity index (χ3n) is 6.13. The van der Waals surface area contributed by atoms with Gasteiger partial charge in [0.25, 0.3) is 0 Å². The van der Waals surface area contributed by atoms with Crippen LogP contribution in [0.15, 0.2) is 30.0 Å². The normalized spacial score (nSPS) is 23.4. The standard InChI is InChI=1S/C22H28ClNO3/c1-14(2)18-13-24(10-9-21(26)27)20(25)12-22(18,3)16-7-8-17(19(23)11-16)15-5-4-6-15/h7-8,11,13-15H,4-6,9-10,12H2,1-3H3,(H,26,27)/t22-/m0/s1. The van der Waals surface area contributed by atoms with Gasteiger partial charge in [0.2, 0.25) is 5.91 Å². The maximum atomic E-state index is 12.7. The maximum Gasteiger partial charge on any atom is 0.305 e. The molecule has 1 aliphatic heterocycles. The van der Waals surface area contributed by atoms with Crippen molar-refractivity contribution in [1.82, 2.24) is 4.90 Å². The molecular formula is C22H28ClNO3. The molecule has 1 saturated carbocycles. The highest BCUT2D eigenvalue weighted by Gasteiger charge is 2.40. The lowest BCUT2D eigenvalue weighted by Crippen LogP contribution is -2.42. The Kier molecular flexibility index (Phi) is 5.66. The first-order valence-electron chi connectivity index (χ1n) is 9.75. The Hall–Kier alpha value is -1.81. The first kappa shape index (κ1) is 19.9. The van der Waals surface area contributed by atoms with Gasteiger partial charge in [-0.1, -0.05) is 50.9 Å². The number of benzene rings is 1. The van der Waals surface area contributed by atoms with E-state index in [-0.39, 0.29) is 24.8 Å². The van der Waals surface area contributed by atoms with E-state index in [4.69, 9.17) is 16.7 Å². The average Bonchev–Trinajstić information content (AvgIpc) is 2.53. The minimum atomic E-state index is -0.894. The van der Waals surface area contributed by atoms with Crippen LogP contribution in [0.5, 0.6) is 0 Å². The monoisotopic (exact) mass is 389 g/mol. The van der Waals surface area contributed by atoms with E-state index in [1.165, 1.54) is 24.8 Å². The van der Waals surface area contributed by atoms with Gasteiger partial charge in [0.05, 0.1) is 6.42 Å². The third-order valence-corrected chi connectivity index (χ3v) is 6.46. The number of carboxylic acid groups (broad SMARTS) is 1. The van der Waals surface area contributed by atoms with Crippen molar-refractivity contribution in [2.75, 3.05) is 6.54 Å². The quantitative estimate of drug-likeness (QED) is 0.735. The number of rotatable bonds is 6. The van der Waals surface area contributed by atoms with Crippen LogP contribution in [-0.2, 0) is 15.0 Å². The first-order valence-corrected chi connectivity index (χ1v) is 10.1. The van der Waals surface area contributed by atoms with Crippen LogP contribution >= 0.6 is 11.6 Å². The van der Waals surface area contributed by atoms with Gasteiger partial charge >= 0.3 is 5.97 Å². The van der Waals surface area contributed by atoms with Crippen molar-refractivity contribution in [3.8, 4) is 0 Å². The second-order valence-electron chi connectivity index (χ2n) is 8.34. The topological polar surface area (TPSA) is 57.6 Å². The number of aliphatic carboxylic acids is 1. The highest BCUT2D eigenvalue weighted by atomic mass is 35.5. The predicted molar refractivity (Wildman–Crippen MR) is 107 cm³/mol. The second-order valence-corrected chi connectivity index (χ2v) is 8.75. The Morgan fingerprint density at radius 2 is 2.07 bits per heavy atom. The van der Waals surface area contributed by atoms with Crippen LogP contribution in [0.4, 0.5) is 0 Å². The van der Waals surface area contributed by atoms with Crippen LogP contribution in [0, 0.1) is 5.92 Å². The summed E-state index contributed by atoms with van der Waals surface area (Å²) in [6.07, 6.45) is 5.81. The number of carboxylic acids is 1. The van der Waals surface area contributed by atoms with E-state index in [1.807, 2.05) is 12.3 Å². The Morgan fingerprint density at radius 3 is 2.59 bits per heavy atom. The summed E-state index contributed by atoms with van der Waals surface area (Å²) < 4.78 is 0. The summed E-state index contributed by atoms with van der Waals surface area (Å²) in [5.74, 6) is -0.129. The zero-order valence-electron chi connectivity index (χ0n) is 16.3. The maximum absolute atomic E-state index is 12.7. The number of carbonyl (C=O) groups excluding carboxylic acids is 1. The largest absolute Gasteiger partial charge is 0.481 e. The summed E-state index contributed by atoms with van der Waals surface area (Å²) in [5, 5.41) is 9.73. The zero-order valence-corrected chi connectivity index (χ0v) is 17.1. The molecule has 1 amide bonds. The number of halogens is 1. The van der Waals surface area contributed by atoms with Gasteiger partial charge < -0.3 is 10.0 Å². The molecule has 27 heavy (non-hydrogen) atoms. The van der Waals surface area contributed by atoms with Crippen molar-refractivity contribution in [1.29, 1.82) is 0 Å². The molecule has 1 aromatic rings. The molecule has 1 N–H and O–H groups in total. The molecule has 0 unspecified atom stereocenters. The number of amides is 1. The van der Waals surface area contributed by atoms with E-state index >= 15 is 0 Å². The Morgan fingerprint density at radius 1 is 1.37 bits per heavy atom. The third kappa shape index (κ3) is 3.91. The molecule has 146 valence electrons. The fourth-order valence-corrected chi connectivity index (χ4v) is 4.60. The molecular weight excluding hydrogens is 362 g/mol. The molecule has 1 fully saturated rings. The molecule has 0 aromatic heterocycles. The molecule has 1 aliphatic carbocycles. The lowest BCUT2D eigenvalue weighted by molar-refractivity contribution is -0.138. The molecule has 3 rings (SSSR count). The van der Waals surface area contributed by atoms with E-state index in [0.29, 0.717) is 12.3 Å². The van der Waals surface area contributed by atoms with Crippen LogP contribution in [-0.4, -0.2) is 28.4 Å². The van der Waals surface area contributed by atoms with Gasteiger partial charge in [0, 0.05) is 29.6 Å². The zero-order chi connectivity index (χ0) is 19.8.